The third kappa shape index (κ3) is 2.87. The molecule has 4 atom stereocenters. The van der Waals surface area contributed by atoms with Gasteiger partial charge in [0.2, 0.25) is 0 Å². The monoisotopic (exact) mass is 345 g/mol. The van der Waals surface area contributed by atoms with Crippen LogP contribution in [0.15, 0.2) is 17.1 Å². The molecule has 0 aromatic carbocycles. The summed E-state index contributed by atoms with van der Waals surface area (Å²) in [5, 5.41) is 42.2. The van der Waals surface area contributed by atoms with Crippen molar-refractivity contribution in [2.45, 2.75) is 37.6 Å². The zero-order valence-electron chi connectivity index (χ0n) is 13.0. The third-order valence-electron chi connectivity index (χ3n) is 3.72. The first-order valence-corrected chi connectivity index (χ1v) is 7.12. The molecule has 11 nitrogen and oxygen atoms in total. The number of hydrogen-bond acceptors (Lipinski definition) is 9. The lowest BCUT2D eigenvalue weighted by atomic mass is 9.94. The van der Waals surface area contributed by atoms with E-state index in [1.54, 1.807) is 6.92 Å². The quantitative estimate of drug-likeness (QED) is 0.412. The number of carbonyl (C=O) groups excluding carboxylic acids is 1. The van der Waals surface area contributed by atoms with Crippen LogP contribution < -0.4 is 11.0 Å². The second-order valence-corrected chi connectivity index (χ2v) is 5.35. The number of nitrogens with zero attached hydrogens (tertiary/aromatic N) is 2. The lowest BCUT2D eigenvalue weighted by Crippen LogP contribution is -2.58. The number of rotatable bonds is 4. The number of amides is 1. The van der Waals surface area contributed by atoms with Crippen LogP contribution in [0.5, 0.6) is 0 Å². The van der Waals surface area contributed by atoms with E-state index in [2.05, 4.69) is 15.0 Å². The maximum absolute atomic E-state index is 12.1. The van der Waals surface area contributed by atoms with E-state index in [4.69, 9.17) is 9.84 Å². The minimum atomic E-state index is -2.66. The Morgan fingerprint density at radius 3 is 2.71 bits per heavy atom. The van der Waals surface area contributed by atoms with Crippen molar-refractivity contribution in [2.75, 3.05) is 18.5 Å². The van der Waals surface area contributed by atoms with Gasteiger partial charge in [-0.3, -0.25) is 5.32 Å². The molecule has 1 saturated heterocycles. The molecule has 24 heavy (non-hydrogen) atoms. The Labute approximate surface area is 136 Å². The largest absolute Gasteiger partial charge is 0.450 e. The van der Waals surface area contributed by atoms with Crippen LogP contribution in [0.4, 0.5) is 10.6 Å². The van der Waals surface area contributed by atoms with E-state index >= 15 is 0 Å². The number of nitrogens with one attached hydrogen (secondary N) is 1. The molecular weight excluding hydrogens is 326 g/mol. The van der Waals surface area contributed by atoms with Gasteiger partial charge in [0, 0.05) is 6.20 Å². The molecule has 1 aliphatic heterocycles. The summed E-state index contributed by atoms with van der Waals surface area (Å²) in [6.07, 6.45) is -2.77. The van der Waals surface area contributed by atoms with Crippen molar-refractivity contribution < 1.29 is 34.7 Å². The standard InChI is InChI=1S/C13H19N3O8/c1-3-23-11(20)15-8-4-5-16(10(19)14-8)13(22)12(2,21)9(18)7(6-17)24-13/h4-5,7,9,17-18,21-22H,3,6H2,1-2H3,(H,14,15,19,20)/t7-,9-,12-,13-/m1/s1. The molecule has 0 unspecified atom stereocenters. The van der Waals surface area contributed by atoms with Crippen molar-refractivity contribution in [2.24, 2.45) is 0 Å². The summed E-state index contributed by atoms with van der Waals surface area (Å²) in [6, 6.07) is 1.16. The van der Waals surface area contributed by atoms with Crippen LogP contribution in [-0.2, 0) is 15.4 Å². The topological polar surface area (TPSA) is 163 Å². The summed E-state index contributed by atoms with van der Waals surface area (Å²) in [7, 11) is 0. The smallest absolute Gasteiger partial charge is 0.412 e. The number of aliphatic hydroxyl groups excluding tert-OH is 2. The van der Waals surface area contributed by atoms with Crippen molar-refractivity contribution in [3.8, 4) is 0 Å². The molecule has 1 amide bonds. The first kappa shape index (κ1) is 18.3. The maximum atomic E-state index is 12.1. The van der Waals surface area contributed by atoms with Gasteiger partial charge in [-0.25, -0.2) is 14.2 Å². The number of anilines is 1. The predicted molar refractivity (Wildman–Crippen MR) is 77.9 cm³/mol. The summed E-state index contributed by atoms with van der Waals surface area (Å²) in [6.45, 7) is 2.08. The Balaban J connectivity index is 2.35. The van der Waals surface area contributed by atoms with Crippen LogP contribution in [-0.4, -0.2) is 67.1 Å². The van der Waals surface area contributed by atoms with Crippen LogP contribution in [0.2, 0.25) is 0 Å². The van der Waals surface area contributed by atoms with E-state index < -0.39 is 42.1 Å². The zero-order valence-corrected chi connectivity index (χ0v) is 13.0. The molecule has 134 valence electrons. The van der Waals surface area contributed by atoms with E-state index in [1.807, 2.05) is 0 Å². The van der Waals surface area contributed by atoms with E-state index in [0.717, 1.165) is 19.2 Å². The Morgan fingerprint density at radius 1 is 1.54 bits per heavy atom. The van der Waals surface area contributed by atoms with Gasteiger partial charge in [0.05, 0.1) is 13.2 Å². The molecule has 0 aliphatic carbocycles. The summed E-state index contributed by atoms with van der Waals surface area (Å²) in [5.74, 6) is -2.80. The van der Waals surface area contributed by atoms with Gasteiger partial charge in [-0.15, -0.1) is 0 Å². The van der Waals surface area contributed by atoms with Crippen LogP contribution in [0.1, 0.15) is 13.8 Å². The highest BCUT2D eigenvalue weighted by Gasteiger charge is 2.64. The maximum Gasteiger partial charge on any atom is 0.412 e. The lowest BCUT2D eigenvalue weighted by molar-refractivity contribution is -0.321. The van der Waals surface area contributed by atoms with Gasteiger partial charge in [-0.05, 0) is 19.9 Å². The molecule has 1 aromatic rings. The first-order valence-electron chi connectivity index (χ1n) is 7.12. The van der Waals surface area contributed by atoms with Gasteiger partial charge in [0.1, 0.15) is 18.0 Å². The fraction of sp³-hybridized carbons (Fsp3) is 0.615. The third-order valence-corrected chi connectivity index (χ3v) is 3.72. The SMILES string of the molecule is CCOC(=O)Nc1ccn([C@]2(O)O[C@H](CO)[C@@H](O)[C@@]2(C)O)c(=O)n1. The van der Waals surface area contributed by atoms with Crippen molar-refractivity contribution in [1.29, 1.82) is 0 Å². The predicted octanol–water partition coefficient (Wildman–Crippen LogP) is -2.08. The number of aromatic nitrogens is 2. The van der Waals surface area contributed by atoms with Crippen molar-refractivity contribution in [3.63, 3.8) is 0 Å². The molecule has 0 radical (unpaired) electrons. The van der Waals surface area contributed by atoms with Gasteiger partial charge in [0.25, 0.3) is 5.91 Å². The molecule has 0 saturated carbocycles. The summed E-state index contributed by atoms with van der Waals surface area (Å²) >= 11 is 0. The molecule has 11 heteroatoms. The average Bonchev–Trinajstić information content (AvgIpc) is 2.68. The normalized spacial score (nSPS) is 32.6. The van der Waals surface area contributed by atoms with Crippen LogP contribution in [0.3, 0.4) is 0 Å². The fourth-order valence-corrected chi connectivity index (χ4v) is 2.36. The van der Waals surface area contributed by atoms with E-state index in [-0.39, 0.29) is 12.4 Å². The van der Waals surface area contributed by atoms with Gasteiger partial charge < -0.3 is 29.9 Å². The molecule has 5 N–H and O–H groups in total. The highest BCUT2D eigenvalue weighted by molar-refractivity contribution is 5.83. The Morgan fingerprint density at radius 2 is 2.21 bits per heavy atom. The minimum Gasteiger partial charge on any atom is -0.450 e. The Hall–Kier alpha value is -2.05. The summed E-state index contributed by atoms with van der Waals surface area (Å²) in [4.78, 5) is 27.0. The molecule has 1 aliphatic rings. The average molecular weight is 345 g/mol. The summed E-state index contributed by atoms with van der Waals surface area (Å²) in [5.41, 5.74) is -3.38. The number of carbonyl (C=O) groups is 1. The van der Waals surface area contributed by atoms with Crippen LogP contribution in [0.25, 0.3) is 0 Å². The van der Waals surface area contributed by atoms with Crippen LogP contribution in [0, 0.1) is 0 Å². The van der Waals surface area contributed by atoms with Crippen molar-refractivity contribution in [1.82, 2.24) is 9.55 Å². The highest BCUT2D eigenvalue weighted by atomic mass is 16.7. The van der Waals surface area contributed by atoms with Crippen molar-refractivity contribution in [3.05, 3.63) is 22.7 Å². The lowest BCUT2D eigenvalue weighted by Gasteiger charge is -2.35. The van der Waals surface area contributed by atoms with E-state index in [9.17, 15) is 24.9 Å². The van der Waals surface area contributed by atoms with Gasteiger partial charge in [0.15, 0.2) is 5.60 Å². The molecule has 0 spiro atoms. The molecule has 0 bridgehead atoms. The molecule has 1 aromatic heterocycles. The fourth-order valence-electron chi connectivity index (χ4n) is 2.36. The summed E-state index contributed by atoms with van der Waals surface area (Å²) < 4.78 is 10.2. The second-order valence-electron chi connectivity index (χ2n) is 5.35. The Bertz CT molecular complexity index is 675. The number of aliphatic hydroxyl groups is 4. The van der Waals surface area contributed by atoms with Crippen molar-refractivity contribution >= 4 is 11.9 Å². The molecule has 2 heterocycles. The van der Waals surface area contributed by atoms with E-state index in [0.29, 0.717) is 4.57 Å². The van der Waals surface area contributed by atoms with Gasteiger partial charge in [-0.1, -0.05) is 0 Å². The second kappa shape index (κ2) is 6.45. The van der Waals surface area contributed by atoms with Gasteiger partial charge >= 0.3 is 11.8 Å². The highest BCUT2D eigenvalue weighted by Crippen LogP contribution is 2.40. The molecule has 1 fully saturated rings. The number of hydrogen-bond donors (Lipinski definition) is 5. The van der Waals surface area contributed by atoms with Gasteiger partial charge in [-0.2, -0.15) is 4.98 Å². The molecular formula is C13H19N3O8. The first-order chi connectivity index (χ1) is 11.2. The van der Waals surface area contributed by atoms with E-state index in [1.165, 1.54) is 0 Å². The number of ether oxygens (including phenoxy) is 2. The minimum absolute atomic E-state index is 0.125. The Kier molecular flexibility index (Phi) is 4.92. The van der Waals surface area contributed by atoms with Crippen LogP contribution >= 0.6 is 0 Å². The zero-order chi connectivity index (χ0) is 18.1. The molecule has 2 rings (SSSR count).